The second-order valence-electron chi connectivity index (χ2n) is 5.02. The van der Waals surface area contributed by atoms with Gasteiger partial charge in [-0.3, -0.25) is 15.6 Å². The number of alkyl halides is 3. The number of primary amides is 1. The molecule has 0 aliphatic heterocycles. The van der Waals surface area contributed by atoms with Gasteiger partial charge in [0.2, 0.25) is 0 Å². The molecule has 0 spiro atoms. The minimum atomic E-state index is -4.71. The van der Waals surface area contributed by atoms with Gasteiger partial charge in [0.25, 0.3) is 5.91 Å². The van der Waals surface area contributed by atoms with Crippen LogP contribution in [0, 0.1) is 11.3 Å². The molecule has 0 aromatic heterocycles. The van der Waals surface area contributed by atoms with E-state index < -0.39 is 29.4 Å². The highest BCUT2D eigenvalue weighted by molar-refractivity contribution is 5.96. The molecule has 2 rings (SSSR count). The number of rotatable bonds is 4. The minimum absolute atomic E-state index is 0.134. The number of urea groups is 1. The highest BCUT2D eigenvalue weighted by Crippen LogP contribution is 2.35. The summed E-state index contributed by atoms with van der Waals surface area (Å²) in [7, 11) is 0. The third kappa shape index (κ3) is 4.64. The molecule has 0 saturated heterocycles. The fourth-order valence-electron chi connectivity index (χ4n) is 2.00. The number of amides is 3. The number of carbonyl (C=O) groups is 2. The van der Waals surface area contributed by atoms with Crippen LogP contribution in [0.4, 0.5) is 29.3 Å². The number of hydrogen-bond donors (Lipinski definition) is 4. The summed E-state index contributed by atoms with van der Waals surface area (Å²) in [6.45, 7) is 0. The molecule has 134 valence electrons. The molecule has 2 aromatic rings. The number of benzene rings is 2. The number of hydrogen-bond acceptors (Lipinski definition) is 4. The van der Waals surface area contributed by atoms with Gasteiger partial charge >= 0.3 is 12.2 Å². The van der Waals surface area contributed by atoms with E-state index in [1.807, 2.05) is 0 Å². The first-order valence-electron chi connectivity index (χ1n) is 7.05. The molecule has 0 fully saturated rings. The van der Waals surface area contributed by atoms with Gasteiger partial charge in [0.15, 0.2) is 0 Å². The van der Waals surface area contributed by atoms with Crippen LogP contribution in [0.5, 0.6) is 0 Å². The average molecular weight is 363 g/mol. The van der Waals surface area contributed by atoms with Gasteiger partial charge in [0, 0.05) is 11.3 Å². The van der Waals surface area contributed by atoms with Crippen LogP contribution in [-0.4, -0.2) is 11.9 Å². The number of hydrazine groups is 1. The van der Waals surface area contributed by atoms with Crippen LogP contribution in [0.3, 0.4) is 0 Å². The standard InChI is InChI=1S/C16H12F3N5O2/c17-16(18,19)12-7-9(8-20)1-6-13(12)23-24-14(25)10-2-4-11(5-3-10)22-15(21)26/h1-7,23H,(H,24,25)(H3,21,22,26). The van der Waals surface area contributed by atoms with E-state index in [1.165, 1.54) is 30.3 Å². The van der Waals surface area contributed by atoms with Crippen molar-refractivity contribution in [3.8, 4) is 6.07 Å². The van der Waals surface area contributed by atoms with Crippen LogP contribution in [0.25, 0.3) is 0 Å². The molecular formula is C16H12F3N5O2. The van der Waals surface area contributed by atoms with Gasteiger partial charge in [-0.2, -0.15) is 18.4 Å². The number of nitrogens with two attached hydrogens (primary N) is 1. The molecule has 0 unspecified atom stereocenters. The maximum Gasteiger partial charge on any atom is 0.418 e. The molecular weight excluding hydrogens is 351 g/mol. The van der Waals surface area contributed by atoms with Crippen molar-refractivity contribution < 1.29 is 22.8 Å². The van der Waals surface area contributed by atoms with E-state index >= 15 is 0 Å². The summed E-state index contributed by atoms with van der Waals surface area (Å²) >= 11 is 0. The quantitative estimate of drug-likeness (QED) is 0.624. The fourth-order valence-corrected chi connectivity index (χ4v) is 2.00. The van der Waals surface area contributed by atoms with Gasteiger partial charge in [-0.1, -0.05) is 0 Å². The Morgan fingerprint density at radius 2 is 1.73 bits per heavy atom. The topological polar surface area (TPSA) is 120 Å². The van der Waals surface area contributed by atoms with Crippen LogP contribution < -0.4 is 21.9 Å². The summed E-state index contributed by atoms with van der Waals surface area (Å²) in [6, 6.07) is 9.28. The van der Waals surface area contributed by atoms with Crippen molar-refractivity contribution in [1.29, 1.82) is 5.26 Å². The number of nitrogens with one attached hydrogen (secondary N) is 3. The summed E-state index contributed by atoms with van der Waals surface area (Å²) in [5, 5.41) is 11.0. The van der Waals surface area contributed by atoms with E-state index in [9.17, 15) is 22.8 Å². The molecule has 2 aromatic carbocycles. The van der Waals surface area contributed by atoms with Gasteiger partial charge in [0.1, 0.15) is 0 Å². The molecule has 0 radical (unpaired) electrons. The zero-order chi connectivity index (χ0) is 19.3. The van der Waals surface area contributed by atoms with Crippen LogP contribution in [0.1, 0.15) is 21.5 Å². The zero-order valence-electron chi connectivity index (χ0n) is 13.0. The third-order valence-electron chi connectivity index (χ3n) is 3.18. The van der Waals surface area contributed by atoms with Gasteiger partial charge in [0.05, 0.1) is 22.9 Å². The summed E-state index contributed by atoms with van der Waals surface area (Å²) in [6.07, 6.45) is -4.71. The maximum absolute atomic E-state index is 13.1. The Kier molecular flexibility index (Phi) is 5.32. The Hall–Kier alpha value is -3.74. The summed E-state index contributed by atoms with van der Waals surface area (Å²) < 4.78 is 39.2. The first-order chi connectivity index (χ1) is 12.2. The van der Waals surface area contributed by atoms with Gasteiger partial charge in [-0.05, 0) is 42.5 Å². The predicted octanol–water partition coefficient (Wildman–Crippen LogP) is 2.82. The number of halogens is 3. The monoisotopic (exact) mass is 363 g/mol. The Morgan fingerprint density at radius 1 is 1.08 bits per heavy atom. The molecule has 26 heavy (non-hydrogen) atoms. The highest BCUT2D eigenvalue weighted by Gasteiger charge is 2.34. The largest absolute Gasteiger partial charge is 0.418 e. The predicted molar refractivity (Wildman–Crippen MR) is 86.9 cm³/mol. The number of carbonyl (C=O) groups excluding carboxylic acids is 2. The van der Waals surface area contributed by atoms with Crippen molar-refractivity contribution in [2.75, 3.05) is 10.7 Å². The van der Waals surface area contributed by atoms with E-state index in [-0.39, 0.29) is 11.1 Å². The summed E-state index contributed by atoms with van der Waals surface area (Å²) in [4.78, 5) is 22.7. The number of nitrogens with zero attached hydrogens (tertiary/aromatic N) is 1. The minimum Gasteiger partial charge on any atom is -0.351 e. The van der Waals surface area contributed by atoms with E-state index in [1.54, 1.807) is 6.07 Å². The smallest absolute Gasteiger partial charge is 0.351 e. The lowest BCUT2D eigenvalue weighted by molar-refractivity contribution is -0.137. The molecule has 0 heterocycles. The second-order valence-corrected chi connectivity index (χ2v) is 5.02. The van der Waals surface area contributed by atoms with Gasteiger partial charge < -0.3 is 11.1 Å². The van der Waals surface area contributed by atoms with Crippen LogP contribution in [0.2, 0.25) is 0 Å². The van der Waals surface area contributed by atoms with Crippen LogP contribution in [-0.2, 0) is 6.18 Å². The molecule has 7 nitrogen and oxygen atoms in total. The average Bonchev–Trinajstić information content (AvgIpc) is 2.59. The summed E-state index contributed by atoms with van der Waals surface area (Å²) in [5.74, 6) is -0.701. The summed E-state index contributed by atoms with van der Waals surface area (Å²) in [5.41, 5.74) is 8.13. The molecule has 0 atom stereocenters. The van der Waals surface area contributed by atoms with Crippen molar-refractivity contribution in [1.82, 2.24) is 5.43 Å². The molecule has 0 aliphatic carbocycles. The van der Waals surface area contributed by atoms with Gasteiger partial charge in [-0.25, -0.2) is 4.79 Å². The molecule has 0 bridgehead atoms. The molecule has 3 amide bonds. The molecule has 0 saturated carbocycles. The first kappa shape index (κ1) is 18.6. The van der Waals surface area contributed by atoms with Crippen molar-refractivity contribution in [3.05, 3.63) is 59.2 Å². The van der Waals surface area contributed by atoms with Crippen molar-refractivity contribution in [2.45, 2.75) is 6.18 Å². The lowest BCUT2D eigenvalue weighted by Crippen LogP contribution is -2.30. The zero-order valence-corrected chi connectivity index (χ0v) is 13.0. The van der Waals surface area contributed by atoms with Gasteiger partial charge in [-0.15, -0.1) is 0 Å². The lowest BCUT2D eigenvalue weighted by atomic mass is 10.1. The lowest BCUT2D eigenvalue weighted by Gasteiger charge is -2.15. The van der Waals surface area contributed by atoms with Crippen molar-refractivity contribution in [2.24, 2.45) is 5.73 Å². The normalized spacial score (nSPS) is 10.5. The van der Waals surface area contributed by atoms with Crippen LogP contribution >= 0.6 is 0 Å². The Labute approximate surface area is 145 Å². The van der Waals surface area contributed by atoms with Crippen LogP contribution in [0.15, 0.2) is 42.5 Å². The highest BCUT2D eigenvalue weighted by atomic mass is 19.4. The SMILES string of the molecule is N#Cc1ccc(NNC(=O)c2ccc(NC(N)=O)cc2)c(C(F)(F)F)c1. The Balaban J connectivity index is 2.12. The second kappa shape index (κ2) is 7.43. The van der Waals surface area contributed by atoms with E-state index in [0.29, 0.717) is 11.8 Å². The van der Waals surface area contributed by atoms with E-state index in [2.05, 4.69) is 16.2 Å². The molecule has 0 aliphatic rings. The Bertz CT molecular complexity index is 873. The van der Waals surface area contributed by atoms with Crippen molar-refractivity contribution >= 4 is 23.3 Å². The first-order valence-corrected chi connectivity index (χ1v) is 7.05. The number of nitriles is 1. The fraction of sp³-hybridized carbons (Fsp3) is 0.0625. The van der Waals surface area contributed by atoms with E-state index in [0.717, 1.165) is 6.07 Å². The molecule has 5 N–H and O–H groups in total. The molecule has 10 heteroatoms. The Morgan fingerprint density at radius 3 is 2.27 bits per heavy atom. The van der Waals surface area contributed by atoms with E-state index in [4.69, 9.17) is 11.0 Å². The third-order valence-corrected chi connectivity index (χ3v) is 3.18. The maximum atomic E-state index is 13.1. The van der Waals surface area contributed by atoms with Crippen molar-refractivity contribution in [3.63, 3.8) is 0 Å². The number of anilines is 2.